The fourth-order valence-electron chi connectivity index (χ4n) is 0.786. The average Bonchev–Trinajstić information content (AvgIpc) is 1.78. The van der Waals surface area contributed by atoms with Crippen LogP contribution < -0.4 is 5.69 Å². The Kier molecular flexibility index (Phi) is 2.60. The highest BCUT2D eigenvalue weighted by molar-refractivity contribution is 6.29. The summed E-state index contributed by atoms with van der Waals surface area (Å²) in [6, 6.07) is 0.969. The van der Waals surface area contributed by atoms with Gasteiger partial charge in [0.1, 0.15) is 5.15 Å². The van der Waals surface area contributed by atoms with Crippen LogP contribution in [0.3, 0.4) is 0 Å². The van der Waals surface area contributed by atoms with Crippen molar-refractivity contribution in [3.05, 3.63) is 27.4 Å². The third kappa shape index (κ3) is 3.45. The lowest BCUT2D eigenvalue weighted by atomic mass is 10.3. The second kappa shape index (κ2) is 3.37. The van der Waals surface area contributed by atoms with Crippen LogP contribution in [0.2, 0.25) is 5.15 Å². The fourth-order valence-corrected chi connectivity index (χ4v) is 0.994. The van der Waals surface area contributed by atoms with E-state index in [1.54, 1.807) is 0 Å². The molecule has 1 aromatic rings. The van der Waals surface area contributed by atoms with Gasteiger partial charge in [0.15, 0.2) is 0 Å². The molecule has 0 amide bonds. The Morgan fingerprint density at radius 2 is 2.15 bits per heavy atom. The van der Waals surface area contributed by atoms with Gasteiger partial charge in [0.05, 0.1) is 6.42 Å². The quantitative estimate of drug-likeness (QED) is 0.718. The van der Waals surface area contributed by atoms with E-state index in [-0.39, 0.29) is 10.8 Å². The van der Waals surface area contributed by atoms with Crippen LogP contribution in [0.15, 0.2) is 10.9 Å². The summed E-state index contributed by atoms with van der Waals surface area (Å²) in [5, 5.41) is -0.247. The first-order chi connectivity index (χ1) is 5.87. The summed E-state index contributed by atoms with van der Waals surface area (Å²) in [4.78, 5) is 15.7. The summed E-state index contributed by atoms with van der Waals surface area (Å²) in [6.45, 7) is 0. The lowest BCUT2D eigenvalue weighted by Crippen LogP contribution is -2.18. The van der Waals surface area contributed by atoms with Crippen LogP contribution in [0.1, 0.15) is 5.69 Å². The van der Waals surface area contributed by atoms with Gasteiger partial charge in [-0.2, -0.15) is 18.2 Å². The molecule has 0 aromatic carbocycles. The van der Waals surface area contributed by atoms with Crippen LogP contribution in [0.25, 0.3) is 0 Å². The minimum atomic E-state index is -4.37. The topological polar surface area (TPSA) is 45.8 Å². The molecule has 3 nitrogen and oxygen atoms in total. The highest BCUT2D eigenvalue weighted by atomic mass is 35.5. The van der Waals surface area contributed by atoms with Crippen LogP contribution in [-0.4, -0.2) is 16.1 Å². The Bertz CT molecular complexity index is 360. The van der Waals surface area contributed by atoms with Gasteiger partial charge in [-0.05, 0) is 6.07 Å². The molecule has 0 aliphatic carbocycles. The van der Waals surface area contributed by atoms with Crippen LogP contribution in [0.5, 0.6) is 0 Å². The van der Waals surface area contributed by atoms with Crippen LogP contribution in [0.4, 0.5) is 13.2 Å². The molecule has 72 valence electrons. The van der Waals surface area contributed by atoms with E-state index in [1.807, 2.05) is 4.98 Å². The second-order valence-corrected chi connectivity index (χ2v) is 2.71. The van der Waals surface area contributed by atoms with Crippen molar-refractivity contribution in [2.75, 3.05) is 0 Å². The molecule has 0 bridgehead atoms. The molecule has 1 rings (SSSR count). The van der Waals surface area contributed by atoms with Gasteiger partial charge in [0.25, 0.3) is 0 Å². The SMILES string of the molecule is O=c1nc(Cl)cc(CC(F)(F)F)[nH]1. The maximum absolute atomic E-state index is 11.8. The van der Waals surface area contributed by atoms with Gasteiger partial charge in [-0.15, -0.1) is 0 Å². The first-order valence-corrected chi connectivity index (χ1v) is 3.57. The van der Waals surface area contributed by atoms with Gasteiger partial charge >= 0.3 is 11.9 Å². The van der Waals surface area contributed by atoms with Gasteiger partial charge in [-0.25, -0.2) is 4.79 Å². The number of H-pyrrole nitrogens is 1. The zero-order valence-corrected chi connectivity index (χ0v) is 6.91. The summed E-state index contributed by atoms with van der Waals surface area (Å²) in [5.41, 5.74) is -1.18. The first kappa shape index (κ1) is 10.0. The van der Waals surface area contributed by atoms with Crippen LogP contribution in [-0.2, 0) is 6.42 Å². The summed E-state index contributed by atoms with van der Waals surface area (Å²) in [5.74, 6) is 0. The van der Waals surface area contributed by atoms with Gasteiger partial charge in [0.2, 0.25) is 0 Å². The highest BCUT2D eigenvalue weighted by Gasteiger charge is 2.28. The van der Waals surface area contributed by atoms with Crippen molar-refractivity contribution < 1.29 is 13.2 Å². The Morgan fingerprint density at radius 3 is 2.62 bits per heavy atom. The zero-order chi connectivity index (χ0) is 10.1. The van der Waals surface area contributed by atoms with E-state index in [2.05, 4.69) is 4.98 Å². The minimum absolute atomic E-state index is 0.247. The predicted molar refractivity (Wildman–Crippen MR) is 39.6 cm³/mol. The van der Waals surface area contributed by atoms with Crippen molar-refractivity contribution in [1.29, 1.82) is 0 Å². The zero-order valence-electron chi connectivity index (χ0n) is 6.15. The maximum Gasteiger partial charge on any atom is 0.394 e. The number of hydrogen-bond acceptors (Lipinski definition) is 2. The van der Waals surface area contributed by atoms with E-state index < -0.39 is 18.3 Å². The summed E-state index contributed by atoms with van der Waals surface area (Å²) >= 11 is 5.28. The summed E-state index contributed by atoms with van der Waals surface area (Å²) < 4.78 is 35.5. The van der Waals surface area contributed by atoms with Crippen molar-refractivity contribution in [3.8, 4) is 0 Å². The molecule has 7 heteroatoms. The number of alkyl halides is 3. The molecule has 0 saturated carbocycles. The monoisotopic (exact) mass is 212 g/mol. The number of nitrogens with zero attached hydrogens (tertiary/aromatic N) is 1. The molecule has 0 unspecified atom stereocenters. The maximum atomic E-state index is 11.8. The van der Waals surface area contributed by atoms with Crippen molar-refractivity contribution in [3.63, 3.8) is 0 Å². The lowest BCUT2D eigenvalue weighted by molar-refractivity contribution is -0.127. The normalized spacial score (nSPS) is 11.7. The third-order valence-corrected chi connectivity index (χ3v) is 1.35. The summed E-state index contributed by atoms with van der Waals surface area (Å²) in [7, 11) is 0. The number of aromatic nitrogens is 2. The van der Waals surface area contributed by atoms with Gasteiger partial charge in [-0.3, -0.25) is 0 Å². The van der Waals surface area contributed by atoms with E-state index >= 15 is 0 Å². The Labute approximate surface area is 75.6 Å². The molecule has 0 radical (unpaired) electrons. The third-order valence-electron chi connectivity index (χ3n) is 1.16. The molecule has 0 saturated heterocycles. The van der Waals surface area contributed by atoms with E-state index in [4.69, 9.17) is 11.6 Å². The Morgan fingerprint density at radius 1 is 1.54 bits per heavy atom. The summed E-state index contributed by atoms with van der Waals surface area (Å²) in [6.07, 6.45) is -5.59. The van der Waals surface area contributed by atoms with E-state index in [0.717, 1.165) is 6.07 Å². The number of hydrogen-bond donors (Lipinski definition) is 1. The molecule has 0 fully saturated rings. The fraction of sp³-hybridized carbons (Fsp3) is 0.333. The molecule has 13 heavy (non-hydrogen) atoms. The molecule has 0 aliphatic rings. The number of rotatable bonds is 1. The molecule has 0 atom stereocenters. The Balaban J connectivity index is 2.96. The second-order valence-electron chi connectivity index (χ2n) is 2.33. The van der Waals surface area contributed by atoms with Gasteiger partial charge in [0, 0.05) is 5.69 Å². The van der Waals surface area contributed by atoms with Crippen molar-refractivity contribution in [2.24, 2.45) is 0 Å². The van der Waals surface area contributed by atoms with Crippen molar-refractivity contribution in [1.82, 2.24) is 9.97 Å². The smallest absolute Gasteiger partial charge is 0.309 e. The molecule has 1 heterocycles. The van der Waals surface area contributed by atoms with Gasteiger partial charge in [-0.1, -0.05) is 11.6 Å². The largest absolute Gasteiger partial charge is 0.394 e. The van der Waals surface area contributed by atoms with E-state index in [0.29, 0.717) is 0 Å². The highest BCUT2D eigenvalue weighted by Crippen LogP contribution is 2.20. The molecular weight excluding hydrogens is 209 g/mol. The standard InChI is InChI=1S/C6H4ClF3N2O/c7-4-1-3(2-6(8,9)10)11-5(13)12-4/h1H,2H2,(H,11,12,13). The van der Waals surface area contributed by atoms with Crippen LogP contribution in [0, 0.1) is 0 Å². The van der Waals surface area contributed by atoms with E-state index in [1.165, 1.54) is 0 Å². The Hall–Kier alpha value is -1.04. The van der Waals surface area contributed by atoms with Crippen molar-refractivity contribution in [2.45, 2.75) is 12.6 Å². The minimum Gasteiger partial charge on any atom is -0.309 e. The van der Waals surface area contributed by atoms with Crippen molar-refractivity contribution >= 4 is 11.6 Å². The van der Waals surface area contributed by atoms with E-state index in [9.17, 15) is 18.0 Å². The molecule has 1 aromatic heterocycles. The number of nitrogens with one attached hydrogen (secondary N) is 1. The molecule has 0 aliphatic heterocycles. The average molecular weight is 213 g/mol. The van der Waals surface area contributed by atoms with Crippen LogP contribution >= 0.6 is 11.6 Å². The van der Waals surface area contributed by atoms with Gasteiger partial charge < -0.3 is 4.98 Å². The number of aromatic amines is 1. The molecule has 0 spiro atoms. The lowest BCUT2D eigenvalue weighted by Gasteiger charge is -2.05. The first-order valence-electron chi connectivity index (χ1n) is 3.19. The predicted octanol–water partition coefficient (Wildman–Crippen LogP) is 1.53. The molecule has 1 N–H and O–H groups in total. The number of halogens is 4. The molecular formula is C6H4ClF3N2O.